The van der Waals surface area contributed by atoms with Gasteiger partial charge in [-0.15, -0.1) is 0 Å². The fourth-order valence-electron chi connectivity index (χ4n) is 2.94. The molecule has 0 saturated carbocycles. The van der Waals surface area contributed by atoms with E-state index < -0.39 is 30.8 Å². The van der Waals surface area contributed by atoms with Crippen molar-refractivity contribution in [3.8, 4) is 5.75 Å². The lowest BCUT2D eigenvalue weighted by Gasteiger charge is -2.32. The van der Waals surface area contributed by atoms with E-state index in [0.29, 0.717) is 5.75 Å². The number of carbonyl (C=O) groups excluding carboxylic acids is 1. The summed E-state index contributed by atoms with van der Waals surface area (Å²) in [6.07, 6.45) is -5.52. The number of amides is 1. The molecule has 0 spiro atoms. The van der Waals surface area contributed by atoms with Crippen molar-refractivity contribution in [1.82, 2.24) is 5.01 Å². The Labute approximate surface area is 163 Å². The molecule has 1 aliphatic heterocycles. The molecule has 0 saturated heterocycles. The molecule has 1 atom stereocenters. The quantitative estimate of drug-likeness (QED) is 0.804. The van der Waals surface area contributed by atoms with Gasteiger partial charge in [-0.25, -0.2) is 0 Å². The van der Waals surface area contributed by atoms with Crippen molar-refractivity contribution >= 4 is 11.6 Å². The molecule has 1 N–H and O–H groups in total. The maximum atomic E-state index is 13.4. The minimum atomic E-state index is -5.03. The monoisotopic (exact) mass is 400 g/mol. The first-order valence-corrected chi connectivity index (χ1v) is 9.16. The molecule has 0 bridgehead atoms. The van der Waals surface area contributed by atoms with Crippen molar-refractivity contribution in [1.29, 1.82) is 0 Å². The zero-order chi connectivity index (χ0) is 21.3. The second kappa shape index (κ2) is 7.73. The van der Waals surface area contributed by atoms with E-state index in [1.54, 1.807) is 12.1 Å². The van der Waals surface area contributed by atoms with Gasteiger partial charge in [0.2, 0.25) is 0 Å². The van der Waals surface area contributed by atoms with Crippen LogP contribution in [0.25, 0.3) is 0 Å². The van der Waals surface area contributed by atoms with Crippen LogP contribution >= 0.6 is 0 Å². The number of halogens is 3. The van der Waals surface area contributed by atoms with E-state index in [9.17, 15) is 23.1 Å². The molecule has 1 aromatic rings. The molecular formula is C20H27F3N2O3. The summed E-state index contributed by atoms with van der Waals surface area (Å²) in [6, 6.07) is 6.98. The number of hydrogen-bond donors (Lipinski definition) is 1. The third-order valence-electron chi connectivity index (χ3n) is 4.46. The molecule has 8 heteroatoms. The molecule has 5 nitrogen and oxygen atoms in total. The molecule has 0 unspecified atom stereocenters. The van der Waals surface area contributed by atoms with Gasteiger partial charge in [0, 0.05) is 12.1 Å². The maximum Gasteiger partial charge on any atom is 0.438 e. The number of rotatable bonds is 5. The van der Waals surface area contributed by atoms with E-state index in [4.69, 9.17) is 4.74 Å². The summed E-state index contributed by atoms with van der Waals surface area (Å²) in [6.45, 7) is 9.12. The van der Waals surface area contributed by atoms with Gasteiger partial charge in [0.15, 0.2) is 6.61 Å². The van der Waals surface area contributed by atoms with Crippen LogP contribution in [0.3, 0.4) is 0 Å². The first kappa shape index (κ1) is 22.2. The number of nitrogens with zero attached hydrogens (tertiary/aromatic N) is 2. The molecule has 1 amide bonds. The topological polar surface area (TPSA) is 62.1 Å². The maximum absolute atomic E-state index is 13.4. The standard InChI is InChI=1S/C20H27F3N2O3/c1-13(2)10-15-11-19(27,20(21,22)23)25(24-15)17(26)12-28-16-8-6-14(7-9-16)18(3,4)5/h6-9,13,27H,10-12H2,1-5H3/t19-/m0/s1. The lowest BCUT2D eigenvalue weighted by atomic mass is 9.87. The molecule has 156 valence electrons. The first-order valence-electron chi connectivity index (χ1n) is 9.16. The van der Waals surface area contributed by atoms with E-state index >= 15 is 0 Å². The molecule has 28 heavy (non-hydrogen) atoms. The summed E-state index contributed by atoms with van der Waals surface area (Å²) in [7, 11) is 0. The van der Waals surface area contributed by atoms with Gasteiger partial charge < -0.3 is 9.84 Å². The van der Waals surface area contributed by atoms with Gasteiger partial charge in [-0.1, -0.05) is 46.8 Å². The number of carbonyl (C=O) groups is 1. The Hall–Kier alpha value is -2.09. The molecule has 0 radical (unpaired) electrons. The summed E-state index contributed by atoms with van der Waals surface area (Å²) < 4.78 is 45.6. The molecule has 1 heterocycles. The highest BCUT2D eigenvalue weighted by atomic mass is 19.4. The number of hydrazone groups is 1. The van der Waals surface area contributed by atoms with Gasteiger partial charge in [-0.3, -0.25) is 4.79 Å². The number of hydrogen-bond acceptors (Lipinski definition) is 4. The number of benzene rings is 1. The van der Waals surface area contributed by atoms with E-state index in [0.717, 1.165) is 5.56 Å². The lowest BCUT2D eigenvalue weighted by molar-refractivity contribution is -0.302. The Morgan fingerprint density at radius 2 is 1.82 bits per heavy atom. The van der Waals surface area contributed by atoms with Crippen molar-refractivity contribution in [2.24, 2.45) is 11.0 Å². The fraction of sp³-hybridized carbons (Fsp3) is 0.600. The van der Waals surface area contributed by atoms with Crippen molar-refractivity contribution < 1.29 is 27.8 Å². The molecular weight excluding hydrogens is 373 g/mol. The first-order chi connectivity index (χ1) is 12.7. The SMILES string of the molecule is CC(C)CC1=NN(C(=O)COc2ccc(C(C)(C)C)cc2)[C@@](O)(C(F)(F)F)C1. The van der Waals surface area contributed by atoms with Crippen LogP contribution in [-0.2, 0) is 10.2 Å². The number of ether oxygens (including phenoxy) is 1. The van der Waals surface area contributed by atoms with Gasteiger partial charge in [0.25, 0.3) is 11.6 Å². The fourth-order valence-corrected chi connectivity index (χ4v) is 2.94. The minimum absolute atomic E-state index is 0.0452. The molecule has 1 aromatic carbocycles. The van der Waals surface area contributed by atoms with Gasteiger partial charge in [0.05, 0.1) is 0 Å². The number of alkyl halides is 3. The van der Waals surface area contributed by atoms with Crippen LogP contribution in [0.15, 0.2) is 29.4 Å². The molecule has 2 rings (SSSR count). The Kier molecular flexibility index (Phi) is 6.13. The van der Waals surface area contributed by atoms with Crippen LogP contribution in [-0.4, -0.2) is 40.2 Å². The van der Waals surface area contributed by atoms with Gasteiger partial charge in [0.1, 0.15) is 5.75 Å². The molecule has 0 aliphatic carbocycles. The third-order valence-corrected chi connectivity index (χ3v) is 4.46. The van der Waals surface area contributed by atoms with Crippen LogP contribution in [0.4, 0.5) is 13.2 Å². The summed E-state index contributed by atoms with van der Waals surface area (Å²) in [4.78, 5) is 12.4. The van der Waals surface area contributed by atoms with Crippen LogP contribution < -0.4 is 4.74 Å². The predicted molar refractivity (Wildman–Crippen MR) is 100.0 cm³/mol. The minimum Gasteiger partial charge on any atom is -0.484 e. The molecule has 0 fully saturated rings. The second-order valence-electron chi connectivity index (χ2n) is 8.52. The zero-order valence-electron chi connectivity index (χ0n) is 16.8. The van der Waals surface area contributed by atoms with E-state index in [1.807, 2.05) is 46.8 Å². The largest absolute Gasteiger partial charge is 0.484 e. The highest BCUT2D eigenvalue weighted by Gasteiger charge is 2.63. The number of aliphatic hydroxyl groups is 1. The highest BCUT2D eigenvalue weighted by molar-refractivity contribution is 5.91. The van der Waals surface area contributed by atoms with Crippen LogP contribution in [0, 0.1) is 5.92 Å². The predicted octanol–water partition coefficient (Wildman–Crippen LogP) is 4.25. The molecule has 0 aromatic heterocycles. The summed E-state index contributed by atoms with van der Waals surface area (Å²) >= 11 is 0. The Balaban J connectivity index is 2.12. The zero-order valence-corrected chi connectivity index (χ0v) is 16.8. The average molecular weight is 400 g/mol. The van der Waals surface area contributed by atoms with Gasteiger partial charge >= 0.3 is 6.18 Å². The summed E-state index contributed by atoms with van der Waals surface area (Å²) in [5.74, 6) is -0.662. The van der Waals surface area contributed by atoms with Crippen LogP contribution in [0.5, 0.6) is 5.75 Å². The lowest BCUT2D eigenvalue weighted by Crippen LogP contribution is -2.57. The van der Waals surface area contributed by atoms with Crippen molar-refractivity contribution in [2.45, 2.75) is 64.8 Å². The van der Waals surface area contributed by atoms with Crippen LogP contribution in [0.1, 0.15) is 53.0 Å². The normalized spacial score (nSPS) is 20.5. The smallest absolute Gasteiger partial charge is 0.438 e. The summed E-state index contributed by atoms with van der Waals surface area (Å²) in [5, 5.41) is 14.1. The van der Waals surface area contributed by atoms with Gasteiger partial charge in [-0.2, -0.15) is 23.3 Å². The van der Waals surface area contributed by atoms with E-state index in [1.165, 1.54) is 0 Å². The second-order valence-corrected chi connectivity index (χ2v) is 8.52. The van der Waals surface area contributed by atoms with Crippen molar-refractivity contribution in [3.63, 3.8) is 0 Å². The van der Waals surface area contributed by atoms with Crippen molar-refractivity contribution in [3.05, 3.63) is 29.8 Å². The average Bonchev–Trinajstić information content (AvgIpc) is 2.89. The Bertz CT molecular complexity index is 737. The molecule has 1 aliphatic rings. The Morgan fingerprint density at radius 1 is 1.25 bits per heavy atom. The van der Waals surface area contributed by atoms with Crippen LogP contribution in [0.2, 0.25) is 0 Å². The third kappa shape index (κ3) is 4.84. The Morgan fingerprint density at radius 3 is 2.29 bits per heavy atom. The highest BCUT2D eigenvalue weighted by Crippen LogP contribution is 2.41. The van der Waals surface area contributed by atoms with E-state index in [-0.39, 0.29) is 28.5 Å². The van der Waals surface area contributed by atoms with Gasteiger partial charge in [-0.05, 0) is 35.4 Å². The van der Waals surface area contributed by atoms with Crippen molar-refractivity contribution in [2.75, 3.05) is 6.61 Å². The van der Waals surface area contributed by atoms with E-state index in [2.05, 4.69) is 5.10 Å². The summed E-state index contributed by atoms with van der Waals surface area (Å²) in [5.41, 5.74) is -2.21.